The molecule has 1 spiro atoms. The van der Waals surface area contributed by atoms with Crippen LogP contribution in [0.15, 0.2) is 0 Å². The lowest BCUT2D eigenvalue weighted by atomic mass is 9.72. The highest BCUT2D eigenvalue weighted by molar-refractivity contribution is 8.21. The van der Waals surface area contributed by atoms with Crippen LogP contribution >= 0.6 is 23.5 Å². The summed E-state index contributed by atoms with van der Waals surface area (Å²) in [5.41, 5.74) is 0. The first-order valence-corrected chi connectivity index (χ1v) is 7.64. The van der Waals surface area contributed by atoms with Gasteiger partial charge in [0.2, 0.25) is 0 Å². The van der Waals surface area contributed by atoms with E-state index in [1.807, 2.05) is 0 Å². The van der Waals surface area contributed by atoms with E-state index in [0.29, 0.717) is 4.08 Å². The largest absolute Gasteiger partial charge is 0.143 e. The van der Waals surface area contributed by atoms with Crippen molar-refractivity contribution in [1.82, 2.24) is 0 Å². The standard InChI is InChI=1S/C11H18S2/c1-2-9-4-5-11(10(3-1)8-9)12-6-7-13-11/h9-10H,1-8H2. The molecule has 0 amide bonds. The molecule has 3 aliphatic rings. The average molecular weight is 214 g/mol. The molecule has 0 nitrogen and oxygen atoms in total. The summed E-state index contributed by atoms with van der Waals surface area (Å²) in [5, 5.41) is 0. The summed E-state index contributed by atoms with van der Waals surface area (Å²) in [6.45, 7) is 0. The van der Waals surface area contributed by atoms with Gasteiger partial charge in [-0.15, -0.1) is 23.5 Å². The average Bonchev–Trinajstić information content (AvgIpc) is 2.63. The van der Waals surface area contributed by atoms with Gasteiger partial charge in [-0.3, -0.25) is 0 Å². The van der Waals surface area contributed by atoms with Gasteiger partial charge in [-0.05, 0) is 37.5 Å². The summed E-state index contributed by atoms with van der Waals surface area (Å²) >= 11 is 4.59. The minimum atomic E-state index is 0.705. The molecule has 1 saturated heterocycles. The van der Waals surface area contributed by atoms with E-state index in [1.165, 1.54) is 37.2 Å². The van der Waals surface area contributed by atoms with Crippen LogP contribution in [0, 0.1) is 11.8 Å². The highest BCUT2D eigenvalue weighted by atomic mass is 32.2. The van der Waals surface area contributed by atoms with E-state index >= 15 is 0 Å². The van der Waals surface area contributed by atoms with Crippen LogP contribution in [-0.4, -0.2) is 15.6 Å². The predicted octanol–water partition coefficient (Wildman–Crippen LogP) is 3.76. The van der Waals surface area contributed by atoms with Crippen LogP contribution in [0.4, 0.5) is 0 Å². The zero-order valence-electron chi connectivity index (χ0n) is 8.13. The number of thioether (sulfide) groups is 2. The van der Waals surface area contributed by atoms with E-state index in [1.54, 1.807) is 12.8 Å². The Morgan fingerprint density at radius 2 is 1.85 bits per heavy atom. The van der Waals surface area contributed by atoms with Gasteiger partial charge in [0.15, 0.2) is 0 Å². The van der Waals surface area contributed by atoms with Crippen molar-refractivity contribution in [2.75, 3.05) is 11.5 Å². The first kappa shape index (κ1) is 8.96. The predicted molar refractivity (Wildman–Crippen MR) is 62.3 cm³/mol. The van der Waals surface area contributed by atoms with E-state index in [9.17, 15) is 0 Å². The summed E-state index contributed by atoms with van der Waals surface area (Å²) in [5.74, 6) is 5.04. The van der Waals surface area contributed by atoms with Crippen LogP contribution in [0.3, 0.4) is 0 Å². The molecule has 2 saturated carbocycles. The van der Waals surface area contributed by atoms with E-state index in [-0.39, 0.29) is 0 Å². The van der Waals surface area contributed by atoms with Crippen molar-refractivity contribution >= 4 is 23.5 Å². The van der Waals surface area contributed by atoms with Gasteiger partial charge in [0, 0.05) is 11.5 Å². The SMILES string of the molecule is C1CC2CCC3(SCCS3)C(C1)C2. The smallest absolute Gasteiger partial charge is 0.0639 e. The fourth-order valence-electron chi connectivity index (χ4n) is 3.41. The van der Waals surface area contributed by atoms with Gasteiger partial charge in [-0.1, -0.05) is 12.8 Å². The van der Waals surface area contributed by atoms with Crippen molar-refractivity contribution in [1.29, 1.82) is 0 Å². The molecule has 2 unspecified atom stereocenters. The van der Waals surface area contributed by atoms with Gasteiger partial charge in [0.1, 0.15) is 0 Å². The fraction of sp³-hybridized carbons (Fsp3) is 1.00. The number of rotatable bonds is 0. The second kappa shape index (κ2) is 3.37. The van der Waals surface area contributed by atoms with Crippen LogP contribution < -0.4 is 0 Å². The molecular weight excluding hydrogens is 196 g/mol. The molecule has 1 heterocycles. The highest BCUT2D eigenvalue weighted by Gasteiger charge is 2.47. The van der Waals surface area contributed by atoms with Crippen molar-refractivity contribution in [2.24, 2.45) is 11.8 Å². The minimum Gasteiger partial charge on any atom is -0.143 e. The van der Waals surface area contributed by atoms with Gasteiger partial charge in [0.05, 0.1) is 4.08 Å². The molecule has 0 aromatic rings. The molecule has 74 valence electrons. The lowest BCUT2D eigenvalue weighted by Gasteiger charge is -2.46. The van der Waals surface area contributed by atoms with Crippen molar-refractivity contribution in [2.45, 2.75) is 42.6 Å². The van der Waals surface area contributed by atoms with Crippen molar-refractivity contribution < 1.29 is 0 Å². The maximum Gasteiger partial charge on any atom is 0.0639 e. The molecule has 2 atom stereocenters. The third-order valence-corrected chi connectivity index (χ3v) is 7.92. The lowest BCUT2D eigenvalue weighted by molar-refractivity contribution is 0.186. The Kier molecular flexibility index (Phi) is 2.33. The van der Waals surface area contributed by atoms with E-state index < -0.39 is 0 Å². The Morgan fingerprint density at radius 3 is 2.69 bits per heavy atom. The van der Waals surface area contributed by atoms with Crippen LogP contribution in [0.25, 0.3) is 0 Å². The maximum absolute atomic E-state index is 2.30. The van der Waals surface area contributed by atoms with Gasteiger partial charge in [-0.2, -0.15) is 0 Å². The van der Waals surface area contributed by atoms with E-state index in [4.69, 9.17) is 0 Å². The summed E-state index contributed by atoms with van der Waals surface area (Å²) in [6.07, 6.45) is 9.24. The molecule has 3 rings (SSSR count). The second-order valence-electron chi connectivity index (χ2n) is 4.78. The third kappa shape index (κ3) is 1.45. The third-order valence-electron chi connectivity index (χ3n) is 4.08. The highest BCUT2D eigenvalue weighted by Crippen LogP contribution is 2.60. The van der Waals surface area contributed by atoms with Crippen LogP contribution in [-0.2, 0) is 0 Å². The minimum absolute atomic E-state index is 0.705. The zero-order chi connectivity index (χ0) is 8.73. The molecule has 2 heteroatoms. The monoisotopic (exact) mass is 214 g/mol. The lowest BCUT2D eigenvalue weighted by Crippen LogP contribution is -2.38. The maximum atomic E-state index is 2.30. The number of hydrogen-bond acceptors (Lipinski definition) is 2. The Hall–Kier alpha value is 0.700. The molecule has 3 fully saturated rings. The molecule has 2 bridgehead atoms. The first-order valence-electron chi connectivity index (χ1n) is 5.67. The Bertz CT molecular complexity index is 196. The summed E-state index contributed by atoms with van der Waals surface area (Å²) in [7, 11) is 0. The van der Waals surface area contributed by atoms with Crippen LogP contribution in [0.1, 0.15) is 38.5 Å². The number of fused-ring (bicyclic) bond motifs is 3. The molecule has 2 aliphatic carbocycles. The van der Waals surface area contributed by atoms with Crippen LogP contribution in [0.5, 0.6) is 0 Å². The van der Waals surface area contributed by atoms with Crippen molar-refractivity contribution in [3.05, 3.63) is 0 Å². The Balaban J connectivity index is 1.81. The zero-order valence-corrected chi connectivity index (χ0v) is 9.76. The van der Waals surface area contributed by atoms with Gasteiger partial charge >= 0.3 is 0 Å². The molecular formula is C11H18S2. The van der Waals surface area contributed by atoms with Gasteiger partial charge in [0.25, 0.3) is 0 Å². The van der Waals surface area contributed by atoms with Gasteiger partial charge in [-0.25, -0.2) is 0 Å². The molecule has 1 aliphatic heterocycles. The Labute approximate surface area is 89.6 Å². The summed E-state index contributed by atoms with van der Waals surface area (Å²) in [6, 6.07) is 0. The topological polar surface area (TPSA) is 0 Å². The quantitative estimate of drug-likeness (QED) is 0.602. The fourth-order valence-corrected chi connectivity index (χ4v) is 7.03. The van der Waals surface area contributed by atoms with Gasteiger partial charge < -0.3 is 0 Å². The van der Waals surface area contributed by atoms with E-state index in [2.05, 4.69) is 23.5 Å². The van der Waals surface area contributed by atoms with Crippen molar-refractivity contribution in [3.63, 3.8) is 0 Å². The van der Waals surface area contributed by atoms with Crippen molar-refractivity contribution in [3.8, 4) is 0 Å². The normalized spacial score (nSPS) is 42.5. The van der Waals surface area contributed by atoms with Crippen LogP contribution in [0.2, 0.25) is 0 Å². The summed E-state index contributed by atoms with van der Waals surface area (Å²) in [4.78, 5) is 0. The second-order valence-corrected chi connectivity index (χ2v) is 7.89. The molecule has 13 heavy (non-hydrogen) atoms. The first-order chi connectivity index (χ1) is 6.39. The molecule has 0 radical (unpaired) electrons. The number of hydrogen-bond donors (Lipinski definition) is 0. The molecule has 0 N–H and O–H groups in total. The Morgan fingerprint density at radius 1 is 1.00 bits per heavy atom. The van der Waals surface area contributed by atoms with E-state index in [0.717, 1.165) is 11.8 Å². The summed E-state index contributed by atoms with van der Waals surface area (Å²) < 4.78 is 0.705. The molecule has 0 aromatic carbocycles. The molecule has 0 aromatic heterocycles.